The third-order valence-corrected chi connectivity index (χ3v) is 2.49. The Labute approximate surface area is 139 Å². The molecule has 0 bridgehead atoms. The van der Waals surface area contributed by atoms with Crippen LogP contribution in [0.25, 0.3) is 0 Å². The smallest absolute Gasteiger partial charge is 0.320 e. The minimum absolute atomic E-state index is 0. The van der Waals surface area contributed by atoms with Crippen LogP contribution >= 0.6 is 12.4 Å². The number of aliphatic hydroxyl groups excluding tert-OH is 5. The number of carbonyl (C=O) groups is 1. The largest absolute Gasteiger partial charge is 0.480 e. The first kappa shape index (κ1) is 26.7. The average Bonchev–Trinajstić information content (AvgIpc) is 2.49. The minimum Gasteiger partial charge on any atom is -0.480 e. The lowest BCUT2D eigenvalue weighted by molar-refractivity contribution is -0.138. The van der Waals surface area contributed by atoms with Gasteiger partial charge in [0.1, 0.15) is 24.4 Å². The summed E-state index contributed by atoms with van der Waals surface area (Å²) < 4.78 is 0. The lowest BCUT2D eigenvalue weighted by atomic mass is 10.1. The molecule has 0 aromatic heterocycles. The van der Waals surface area contributed by atoms with Crippen molar-refractivity contribution >= 4 is 24.3 Å². The van der Waals surface area contributed by atoms with E-state index in [9.17, 15) is 4.79 Å². The standard InChI is InChI=1S/C6H14N4O2.C5H12O5.ClH/c7-4(5(11)12)2-1-3-10-6(8)9;6-1-3(8)5(10)4(9)2-7;/h4H,1-3,7H2,(H,11,12)(H4,8,9,10);3-10H,1-2H2;1H. The Morgan fingerprint density at radius 1 is 1.13 bits per heavy atom. The number of rotatable bonds is 9. The van der Waals surface area contributed by atoms with E-state index in [-0.39, 0.29) is 18.4 Å². The van der Waals surface area contributed by atoms with Gasteiger partial charge in [0.25, 0.3) is 0 Å². The second-order valence-corrected chi connectivity index (χ2v) is 4.42. The molecule has 3 unspecified atom stereocenters. The molecule has 11 nitrogen and oxygen atoms in total. The van der Waals surface area contributed by atoms with Crippen molar-refractivity contribution in [2.24, 2.45) is 11.5 Å². The number of aliphatic carboxylic acids is 1. The van der Waals surface area contributed by atoms with Gasteiger partial charge in [0.05, 0.1) is 13.2 Å². The number of hydrogen-bond donors (Lipinski definition) is 10. The number of halogens is 1. The normalized spacial score (nSPS) is 15.0. The summed E-state index contributed by atoms with van der Waals surface area (Å²) in [5.41, 5.74) is 10.2. The number of nitrogens with two attached hydrogens (primary N) is 2. The van der Waals surface area contributed by atoms with Crippen molar-refractivity contribution in [2.75, 3.05) is 19.8 Å². The van der Waals surface area contributed by atoms with Crippen LogP contribution in [0.1, 0.15) is 12.8 Å². The van der Waals surface area contributed by atoms with Crippen molar-refractivity contribution in [2.45, 2.75) is 37.2 Å². The molecule has 0 spiro atoms. The van der Waals surface area contributed by atoms with Crippen LogP contribution in [0.5, 0.6) is 0 Å². The summed E-state index contributed by atoms with van der Waals surface area (Å²) in [6, 6.07) is -0.821. The van der Waals surface area contributed by atoms with Gasteiger partial charge in [-0.3, -0.25) is 10.2 Å². The van der Waals surface area contributed by atoms with Gasteiger partial charge < -0.3 is 47.4 Å². The highest BCUT2D eigenvalue weighted by Gasteiger charge is 2.22. The molecule has 12 heteroatoms. The van der Waals surface area contributed by atoms with E-state index in [1.165, 1.54) is 0 Å². The summed E-state index contributed by atoms with van der Waals surface area (Å²) in [6.07, 6.45) is -3.32. The number of aliphatic hydroxyl groups is 5. The summed E-state index contributed by atoms with van der Waals surface area (Å²) in [7, 11) is 0. The van der Waals surface area contributed by atoms with E-state index in [4.69, 9.17) is 47.5 Å². The van der Waals surface area contributed by atoms with E-state index >= 15 is 0 Å². The summed E-state index contributed by atoms with van der Waals surface area (Å²) >= 11 is 0. The maximum absolute atomic E-state index is 10.2. The zero-order valence-corrected chi connectivity index (χ0v) is 13.3. The van der Waals surface area contributed by atoms with Gasteiger partial charge in [-0.1, -0.05) is 0 Å². The molecule has 0 aliphatic rings. The molecule has 23 heavy (non-hydrogen) atoms. The Hall–Kier alpha value is -1.21. The summed E-state index contributed by atoms with van der Waals surface area (Å²) in [5, 5.41) is 60.3. The predicted molar refractivity (Wildman–Crippen MR) is 84.2 cm³/mol. The SMILES string of the molecule is Cl.N=C(N)NCCCC(N)C(=O)O.OCC(O)C(O)C(O)CO. The van der Waals surface area contributed by atoms with Gasteiger partial charge in [0, 0.05) is 6.54 Å². The van der Waals surface area contributed by atoms with Gasteiger partial charge in [-0.05, 0) is 12.8 Å². The maximum Gasteiger partial charge on any atom is 0.320 e. The summed E-state index contributed by atoms with van der Waals surface area (Å²) in [4.78, 5) is 10.2. The lowest BCUT2D eigenvalue weighted by Gasteiger charge is -2.19. The van der Waals surface area contributed by atoms with E-state index in [1.807, 2.05) is 0 Å². The molecule has 0 aromatic rings. The van der Waals surface area contributed by atoms with Crippen LogP contribution < -0.4 is 16.8 Å². The highest BCUT2D eigenvalue weighted by molar-refractivity contribution is 5.85. The third kappa shape index (κ3) is 15.5. The van der Waals surface area contributed by atoms with Crippen LogP contribution in [0.15, 0.2) is 0 Å². The fourth-order valence-electron chi connectivity index (χ4n) is 1.14. The second kappa shape index (κ2) is 15.7. The van der Waals surface area contributed by atoms with E-state index in [2.05, 4.69) is 5.32 Å². The fourth-order valence-corrected chi connectivity index (χ4v) is 1.14. The fraction of sp³-hybridized carbons (Fsp3) is 0.818. The molecular weight excluding hydrogens is 336 g/mol. The molecule has 0 saturated heterocycles. The lowest BCUT2D eigenvalue weighted by Crippen LogP contribution is -2.41. The molecule has 0 aliphatic carbocycles. The van der Waals surface area contributed by atoms with Crippen molar-refractivity contribution in [3.63, 3.8) is 0 Å². The molecule has 0 radical (unpaired) electrons. The number of hydrogen-bond acceptors (Lipinski definition) is 8. The van der Waals surface area contributed by atoms with Crippen molar-refractivity contribution in [1.29, 1.82) is 5.41 Å². The Morgan fingerprint density at radius 2 is 1.57 bits per heavy atom. The van der Waals surface area contributed by atoms with Gasteiger partial charge in [-0.15, -0.1) is 12.4 Å². The predicted octanol–water partition coefficient (Wildman–Crippen LogP) is -3.86. The van der Waals surface area contributed by atoms with Gasteiger partial charge >= 0.3 is 5.97 Å². The van der Waals surface area contributed by atoms with Crippen LogP contribution in [0.2, 0.25) is 0 Å². The molecule has 0 saturated carbocycles. The van der Waals surface area contributed by atoms with Gasteiger partial charge in [-0.2, -0.15) is 0 Å². The van der Waals surface area contributed by atoms with Crippen LogP contribution in [0.4, 0.5) is 0 Å². The van der Waals surface area contributed by atoms with Gasteiger partial charge in [0.15, 0.2) is 5.96 Å². The molecule has 0 heterocycles. The van der Waals surface area contributed by atoms with Crippen molar-refractivity contribution in [3.05, 3.63) is 0 Å². The molecule has 140 valence electrons. The first-order valence-electron chi connectivity index (χ1n) is 6.49. The molecule has 3 atom stereocenters. The average molecular weight is 363 g/mol. The highest BCUT2D eigenvalue weighted by atomic mass is 35.5. The van der Waals surface area contributed by atoms with Gasteiger partial charge in [-0.25, -0.2) is 0 Å². The molecular formula is C11H27ClN4O7. The van der Waals surface area contributed by atoms with Crippen LogP contribution in [0.3, 0.4) is 0 Å². The van der Waals surface area contributed by atoms with Crippen molar-refractivity contribution in [3.8, 4) is 0 Å². The number of carboxylic acids is 1. The topological polar surface area (TPSA) is 226 Å². The van der Waals surface area contributed by atoms with E-state index in [0.717, 1.165) is 0 Å². The molecule has 0 amide bonds. The quantitative estimate of drug-likeness (QED) is 0.109. The second-order valence-electron chi connectivity index (χ2n) is 4.42. The van der Waals surface area contributed by atoms with E-state index < -0.39 is 43.5 Å². The van der Waals surface area contributed by atoms with Crippen LogP contribution in [-0.2, 0) is 4.79 Å². The Kier molecular flexibility index (Phi) is 18.2. The van der Waals surface area contributed by atoms with Gasteiger partial charge in [0.2, 0.25) is 0 Å². The number of nitrogens with one attached hydrogen (secondary N) is 2. The molecule has 0 aliphatic heterocycles. The van der Waals surface area contributed by atoms with E-state index in [0.29, 0.717) is 19.4 Å². The number of guanidine groups is 1. The number of carboxylic acid groups (broad SMARTS) is 1. The first-order valence-corrected chi connectivity index (χ1v) is 6.49. The molecule has 0 aromatic carbocycles. The Bertz CT molecular complexity index is 315. The minimum atomic E-state index is -1.49. The summed E-state index contributed by atoms with van der Waals surface area (Å²) in [6.45, 7) is -0.799. The van der Waals surface area contributed by atoms with Crippen molar-refractivity contribution in [1.82, 2.24) is 5.32 Å². The highest BCUT2D eigenvalue weighted by Crippen LogP contribution is 1.98. The zero-order chi connectivity index (χ0) is 17.7. The van der Waals surface area contributed by atoms with Crippen LogP contribution in [-0.4, -0.2) is 86.7 Å². The molecule has 12 N–H and O–H groups in total. The molecule has 0 fully saturated rings. The van der Waals surface area contributed by atoms with Crippen LogP contribution in [0, 0.1) is 5.41 Å². The Balaban J connectivity index is -0.000000338. The molecule has 0 rings (SSSR count). The monoisotopic (exact) mass is 362 g/mol. The van der Waals surface area contributed by atoms with Crippen molar-refractivity contribution < 1.29 is 35.4 Å². The third-order valence-electron chi connectivity index (χ3n) is 2.49. The maximum atomic E-state index is 10.2. The summed E-state index contributed by atoms with van der Waals surface area (Å²) in [5.74, 6) is -1.11. The first-order chi connectivity index (χ1) is 10.2. The van der Waals surface area contributed by atoms with E-state index in [1.54, 1.807) is 0 Å². The Morgan fingerprint density at radius 3 is 1.87 bits per heavy atom. The zero-order valence-electron chi connectivity index (χ0n) is 12.5.